The number of likely N-dealkylation sites (N-methyl/N-ethyl adjacent to an activating group) is 1. The van der Waals surface area contributed by atoms with Gasteiger partial charge in [-0.2, -0.15) is 4.98 Å². The fourth-order valence-electron chi connectivity index (χ4n) is 3.30. The van der Waals surface area contributed by atoms with Crippen LogP contribution < -0.4 is 16.0 Å². The van der Waals surface area contributed by atoms with E-state index in [0.717, 1.165) is 38.5 Å². The average Bonchev–Trinajstić information content (AvgIpc) is 2.98. The molecule has 0 spiro atoms. The van der Waals surface area contributed by atoms with Gasteiger partial charge in [0.1, 0.15) is 5.54 Å². The van der Waals surface area contributed by atoms with Crippen molar-refractivity contribution in [2.45, 2.75) is 76.8 Å². The van der Waals surface area contributed by atoms with Crippen LogP contribution in [0.4, 0.5) is 0 Å². The van der Waals surface area contributed by atoms with E-state index in [9.17, 15) is 9.59 Å². The number of hydrogen-bond donors (Lipinski definition) is 3. The molecule has 1 aromatic heterocycles. The Morgan fingerprint density at radius 1 is 1.23 bits per heavy atom. The third-order valence-electron chi connectivity index (χ3n) is 4.93. The summed E-state index contributed by atoms with van der Waals surface area (Å²) in [5.41, 5.74) is -0.547. The number of hydrogen-bond acceptors (Lipinski definition) is 6. The highest BCUT2D eigenvalue weighted by Gasteiger charge is 2.38. The maximum Gasteiger partial charge on any atom is 0.227 e. The molecule has 8 heteroatoms. The van der Waals surface area contributed by atoms with Crippen LogP contribution in [0.1, 0.15) is 70.5 Å². The Morgan fingerprint density at radius 3 is 2.54 bits per heavy atom. The Balaban J connectivity index is 1.97. The summed E-state index contributed by atoms with van der Waals surface area (Å²) in [6.45, 7) is 4.10. The lowest BCUT2D eigenvalue weighted by Gasteiger charge is -2.30. The predicted octanol–water partition coefficient (Wildman–Crippen LogP) is 1.41. The molecule has 0 aliphatic heterocycles. The molecule has 146 valence electrons. The Labute approximate surface area is 154 Å². The van der Waals surface area contributed by atoms with E-state index in [2.05, 4.69) is 26.1 Å². The number of amides is 2. The van der Waals surface area contributed by atoms with Crippen molar-refractivity contribution in [2.24, 2.45) is 0 Å². The lowest BCUT2D eigenvalue weighted by molar-refractivity contribution is -0.122. The standard InChI is InChI=1S/C18H31N5O3/c1-13(19-3)12-20-15(25)8-9-16-21-17(23-26-16)18(22-14(2)24)10-6-4-5-7-11-18/h13,19H,4-12H2,1-3H3,(H,20,25)(H,22,24). The summed E-state index contributed by atoms with van der Waals surface area (Å²) in [5.74, 6) is 0.841. The van der Waals surface area contributed by atoms with Crippen molar-refractivity contribution in [3.8, 4) is 0 Å². The van der Waals surface area contributed by atoms with Gasteiger partial charge in [0.2, 0.25) is 17.7 Å². The summed E-state index contributed by atoms with van der Waals surface area (Å²) in [7, 11) is 1.86. The van der Waals surface area contributed by atoms with Crippen molar-refractivity contribution in [1.82, 2.24) is 26.1 Å². The summed E-state index contributed by atoms with van der Waals surface area (Å²) in [4.78, 5) is 28.1. The molecule has 0 saturated heterocycles. The number of nitrogens with zero attached hydrogens (tertiary/aromatic N) is 2. The van der Waals surface area contributed by atoms with Gasteiger partial charge in [-0.25, -0.2) is 0 Å². The van der Waals surface area contributed by atoms with Gasteiger partial charge >= 0.3 is 0 Å². The van der Waals surface area contributed by atoms with E-state index in [1.165, 1.54) is 6.92 Å². The van der Waals surface area contributed by atoms with Crippen LogP contribution in [-0.4, -0.2) is 41.6 Å². The molecule has 1 aliphatic carbocycles. The third-order valence-corrected chi connectivity index (χ3v) is 4.93. The summed E-state index contributed by atoms with van der Waals surface area (Å²) in [6.07, 6.45) is 6.66. The van der Waals surface area contributed by atoms with Crippen LogP contribution in [0, 0.1) is 0 Å². The number of aryl methyl sites for hydroxylation is 1. The van der Waals surface area contributed by atoms with Gasteiger partial charge in [0.15, 0.2) is 5.82 Å². The zero-order chi connectivity index (χ0) is 19.0. The Hall–Kier alpha value is -1.96. The number of carbonyl (C=O) groups excluding carboxylic acids is 2. The van der Waals surface area contributed by atoms with Crippen molar-refractivity contribution < 1.29 is 14.1 Å². The fraction of sp³-hybridized carbons (Fsp3) is 0.778. The molecule has 1 atom stereocenters. The average molecular weight is 365 g/mol. The molecule has 0 radical (unpaired) electrons. The highest BCUT2D eigenvalue weighted by molar-refractivity contribution is 5.76. The summed E-state index contributed by atoms with van der Waals surface area (Å²) in [6, 6.07) is 0.224. The van der Waals surface area contributed by atoms with Crippen molar-refractivity contribution in [1.29, 1.82) is 0 Å². The molecule has 3 N–H and O–H groups in total. The quantitative estimate of drug-likeness (QED) is 0.601. The Bertz CT molecular complexity index is 593. The molecule has 2 rings (SSSR count). The molecule has 1 saturated carbocycles. The zero-order valence-corrected chi connectivity index (χ0v) is 16.1. The monoisotopic (exact) mass is 365 g/mol. The van der Waals surface area contributed by atoms with E-state index in [4.69, 9.17) is 4.52 Å². The second kappa shape index (κ2) is 9.66. The van der Waals surface area contributed by atoms with Crippen LogP contribution in [0.25, 0.3) is 0 Å². The summed E-state index contributed by atoms with van der Waals surface area (Å²) >= 11 is 0. The lowest BCUT2D eigenvalue weighted by Crippen LogP contribution is -2.45. The topological polar surface area (TPSA) is 109 Å². The first kappa shape index (κ1) is 20.4. The first-order valence-corrected chi connectivity index (χ1v) is 9.51. The largest absolute Gasteiger partial charge is 0.355 e. The predicted molar refractivity (Wildman–Crippen MR) is 97.3 cm³/mol. The second-order valence-corrected chi connectivity index (χ2v) is 7.18. The normalized spacial score (nSPS) is 18.0. The molecule has 0 aromatic carbocycles. The van der Waals surface area contributed by atoms with Gasteiger partial charge in [0, 0.05) is 32.4 Å². The fourth-order valence-corrected chi connectivity index (χ4v) is 3.30. The number of carbonyl (C=O) groups is 2. The van der Waals surface area contributed by atoms with Crippen molar-refractivity contribution in [3.05, 3.63) is 11.7 Å². The number of rotatable bonds is 8. The maximum atomic E-state index is 11.9. The van der Waals surface area contributed by atoms with Crippen molar-refractivity contribution in [2.75, 3.05) is 13.6 Å². The van der Waals surface area contributed by atoms with E-state index in [1.807, 2.05) is 14.0 Å². The summed E-state index contributed by atoms with van der Waals surface area (Å²) in [5, 5.41) is 13.1. The van der Waals surface area contributed by atoms with Gasteiger partial charge in [0.05, 0.1) is 0 Å². The van der Waals surface area contributed by atoms with E-state index >= 15 is 0 Å². The minimum absolute atomic E-state index is 0.0436. The maximum absolute atomic E-state index is 11.9. The smallest absolute Gasteiger partial charge is 0.227 e. The highest BCUT2D eigenvalue weighted by Crippen LogP contribution is 2.34. The first-order valence-electron chi connectivity index (χ1n) is 9.51. The summed E-state index contributed by atoms with van der Waals surface area (Å²) < 4.78 is 5.36. The molecule has 1 fully saturated rings. The van der Waals surface area contributed by atoms with Gasteiger partial charge in [-0.15, -0.1) is 0 Å². The van der Waals surface area contributed by atoms with Crippen molar-refractivity contribution in [3.63, 3.8) is 0 Å². The van der Waals surface area contributed by atoms with E-state index in [-0.39, 0.29) is 17.9 Å². The van der Waals surface area contributed by atoms with Gasteiger partial charge in [-0.05, 0) is 26.8 Å². The van der Waals surface area contributed by atoms with E-state index in [0.29, 0.717) is 31.1 Å². The highest BCUT2D eigenvalue weighted by atomic mass is 16.5. The van der Waals surface area contributed by atoms with Gasteiger partial charge in [-0.3, -0.25) is 9.59 Å². The van der Waals surface area contributed by atoms with Crippen LogP contribution in [0.3, 0.4) is 0 Å². The second-order valence-electron chi connectivity index (χ2n) is 7.18. The molecular weight excluding hydrogens is 334 g/mol. The molecule has 26 heavy (non-hydrogen) atoms. The SMILES string of the molecule is CNC(C)CNC(=O)CCc1nc(C2(NC(C)=O)CCCCCC2)no1. The molecule has 8 nitrogen and oxygen atoms in total. The van der Waals surface area contributed by atoms with Crippen LogP contribution in [0.5, 0.6) is 0 Å². The minimum atomic E-state index is -0.547. The van der Waals surface area contributed by atoms with Crippen molar-refractivity contribution >= 4 is 11.8 Å². The van der Waals surface area contributed by atoms with Gasteiger partial charge in [-0.1, -0.05) is 30.8 Å². The molecule has 1 heterocycles. The Kier molecular flexibility index (Phi) is 7.56. The van der Waals surface area contributed by atoms with Crippen LogP contribution in [-0.2, 0) is 21.5 Å². The Morgan fingerprint density at radius 2 is 1.92 bits per heavy atom. The van der Waals surface area contributed by atoms with Crippen LogP contribution >= 0.6 is 0 Å². The molecule has 2 amide bonds. The minimum Gasteiger partial charge on any atom is -0.355 e. The van der Waals surface area contributed by atoms with Gasteiger partial charge in [0.25, 0.3) is 0 Å². The van der Waals surface area contributed by atoms with E-state index < -0.39 is 5.54 Å². The molecule has 0 bridgehead atoms. The zero-order valence-electron chi connectivity index (χ0n) is 16.1. The molecular formula is C18H31N5O3. The first-order chi connectivity index (χ1) is 12.4. The van der Waals surface area contributed by atoms with Crippen LogP contribution in [0.15, 0.2) is 4.52 Å². The molecule has 1 aliphatic rings. The number of nitrogens with one attached hydrogen (secondary N) is 3. The van der Waals surface area contributed by atoms with E-state index in [1.54, 1.807) is 0 Å². The third kappa shape index (κ3) is 5.79. The van der Waals surface area contributed by atoms with Crippen LogP contribution in [0.2, 0.25) is 0 Å². The molecule has 1 aromatic rings. The van der Waals surface area contributed by atoms with Gasteiger partial charge < -0.3 is 20.5 Å². The lowest BCUT2D eigenvalue weighted by atomic mass is 9.89. The molecule has 1 unspecified atom stereocenters. The number of aromatic nitrogens is 2.